The van der Waals surface area contributed by atoms with Crippen LogP contribution in [-0.4, -0.2) is 24.9 Å². The average molecular weight is 386 g/mol. The molecule has 0 saturated heterocycles. The summed E-state index contributed by atoms with van der Waals surface area (Å²) in [5, 5.41) is 11.0. The Kier molecular flexibility index (Phi) is 5.22. The van der Waals surface area contributed by atoms with Gasteiger partial charge in [-0.2, -0.15) is 0 Å². The SMILES string of the molecule is O=[N+]([O-])c1ccc(Br)cc1S(=O)(=O)NCCc1ccncc1. The van der Waals surface area contributed by atoms with Crippen molar-refractivity contribution in [2.75, 3.05) is 6.54 Å². The maximum Gasteiger partial charge on any atom is 0.289 e. The first kappa shape index (κ1) is 16.5. The molecule has 0 aliphatic rings. The van der Waals surface area contributed by atoms with Gasteiger partial charge in [0.25, 0.3) is 5.69 Å². The number of hydrogen-bond acceptors (Lipinski definition) is 5. The van der Waals surface area contributed by atoms with E-state index in [1.807, 2.05) is 0 Å². The molecule has 22 heavy (non-hydrogen) atoms. The first-order valence-corrected chi connectivity index (χ1v) is 8.50. The van der Waals surface area contributed by atoms with E-state index in [1.54, 1.807) is 24.5 Å². The van der Waals surface area contributed by atoms with Gasteiger partial charge in [0.05, 0.1) is 4.92 Å². The molecular formula is C13H12BrN3O4S. The molecule has 0 bridgehead atoms. The van der Waals surface area contributed by atoms with E-state index in [9.17, 15) is 18.5 Å². The lowest BCUT2D eigenvalue weighted by atomic mass is 10.2. The summed E-state index contributed by atoms with van der Waals surface area (Å²) in [7, 11) is -3.97. The third-order valence-electron chi connectivity index (χ3n) is 2.86. The topological polar surface area (TPSA) is 102 Å². The highest BCUT2D eigenvalue weighted by Gasteiger charge is 2.25. The molecular weight excluding hydrogens is 374 g/mol. The monoisotopic (exact) mass is 385 g/mol. The van der Waals surface area contributed by atoms with Crippen LogP contribution in [0.4, 0.5) is 5.69 Å². The highest BCUT2D eigenvalue weighted by Crippen LogP contribution is 2.26. The van der Waals surface area contributed by atoms with E-state index in [4.69, 9.17) is 0 Å². The largest absolute Gasteiger partial charge is 0.289 e. The molecule has 7 nitrogen and oxygen atoms in total. The van der Waals surface area contributed by atoms with Crippen LogP contribution in [0.5, 0.6) is 0 Å². The van der Waals surface area contributed by atoms with E-state index in [-0.39, 0.29) is 11.4 Å². The van der Waals surface area contributed by atoms with Gasteiger partial charge in [-0.15, -0.1) is 0 Å². The summed E-state index contributed by atoms with van der Waals surface area (Å²) in [4.78, 5) is 13.8. The minimum absolute atomic E-state index is 0.135. The van der Waals surface area contributed by atoms with Crippen molar-refractivity contribution in [3.63, 3.8) is 0 Å². The quantitative estimate of drug-likeness (QED) is 0.606. The number of nitro benzene ring substituents is 1. The van der Waals surface area contributed by atoms with Crippen LogP contribution in [0.3, 0.4) is 0 Å². The van der Waals surface area contributed by atoms with Gasteiger partial charge in [0.2, 0.25) is 10.0 Å². The summed E-state index contributed by atoms with van der Waals surface area (Å²) in [6.45, 7) is 0.135. The van der Waals surface area contributed by atoms with Gasteiger partial charge in [-0.1, -0.05) is 15.9 Å². The standard InChI is InChI=1S/C13H12BrN3O4S/c14-11-1-2-12(17(18)19)13(9-11)22(20,21)16-8-5-10-3-6-15-7-4-10/h1-4,6-7,9,16H,5,8H2. The van der Waals surface area contributed by atoms with Crippen LogP contribution in [0, 0.1) is 10.1 Å². The van der Waals surface area contributed by atoms with Gasteiger partial charge < -0.3 is 0 Å². The number of aromatic nitrogens is 1. The molecule has 0 aliphatic carbocycles. The van der Waals surface area contributed by atoms with Crippen molar-refractivity contribution < 1.29 is 13.3 Å². The van der Waals surface area contributed by atoms with E-state index in [1.165, 1.54) is 12.1 Å². The Morgan fingerprint density at radius 2 is 1.91 bits per heavy atom. The highest BCUT2D eigenvalue weighted by atomic mass is 79.9. The van der Waals surface area contributed by atoms with Gasteiger partial charge in [0.1, 0.15) is 0 Å². The van der Waals surface area contributed by atoms with E-state index >= 15 is 0 Å². The molecule has 9 heteroatoms. The molecule has 0 saturated carbocycles. The average Bonchev–Trinajstić information content (AvgIpc) is 2.47. The Morgan fingerprint density at radius 1 is 1.23 bits per heavy atom. The molecule has 0 atom stereocenters. The van der Waals surface area contributed by atoms with Crippen molar-refractivity contribution in [2.45, 2.75) is 11.3 Å². The predicted molar refractivity (Wildman–Crippen MR) is 83.9 cm³/mol. The van der Waals surface area contributed by atoms with Crippen molar-refractivity contribution in [1.82, 2.24) is 9.71 Å². The Hall–Kier alpha value is -1.84. The van der Waals surface area contributed by atoms with Gasteiger partial charge in [-0.25, -0.2) is 13.1 Å². The zero-order chi connectivity index (χ0) is 16.2. The molecule has 1 aromatic heterocycles. The molecule has 0 spiro atoms. The number of rotatable bonds is 6. The number of halogens is 1. The van der Waals surface area contributed by atoms with Crippen LogP contribution < -0.4 is 4.72 Å². The summed E-state index contributed by atoms with van der Waals surface area (Å²) >= 11 is 3.12. The summed E-state index contributed by atoms with van der Waals surface area (Å²) in [6.07, 6.45) is 3.69. The molecule has 2 rings (SSSR count). The minimum Gasteiger partial charge on any atom is -0.265 e. The molecule has 0 aliphatic heterocycles. The Balaban J connectivity index is 2.17. The fourth-order valence-corrected chi connectivity index (χ4v) is 3.55. The molecule has 2 aromatic rings. The fraction of sp³-hybridized carbons (Fsp3) is 0.154. The number of hydrogen-bond donors (Lipinski definition) is 1. The maximum absolute atomic E-state index is 12.3. The van der Waals surface area contributed by atoms with Crippen molar-refractivity contribution in [3.05, 3.63) is 62.9 Å². The van der Waals surface area contributed by atoms with E-state index < -0.39 is 20.6 Å². The summed E-state index contributed by atoms with van der Waals surface area (Å²) in [5.41, 5.74) is 0.459. The first-order valence-electron chi connectivity index (χ1n) is 6.22. The second-order valence-corrected chi connectivity index (χ2v) is 7.02. The lowest BCUT2D eigenvalue weighted by Gasteiger charge is -2.08. The lowest BCUT2D eigenvalue weighted by molar-refractivity contribution is -0.387. The molecule has 1 aromatic carbocycles. The fourth-order valence-electron chi connectivity index (χ4n) is 1.81. The van der Waals surface area contributed by atoms with Gasteiger partial charge in [-0.05, 0) is 36.2 Å². The van der Waals surface area contributed by atoms with Gasteiger partial charge in [0.15, 0.2) is 4.90 Å². The predicted octanol–water partition coefficient (Wildman–Crippen LogP) is 2.27. The van der Waals surface area contributed by atoms with E-state index in [0.717, 1.165) is 11.6 Å². The second-order valence-electron chi connectivity index (χ2n) is 4.37. The molecule has 116 valence electrons. The first-order chi connectivity index (χ1) is 10.4. The van der Waals surface area contributed by atoms with Crippen molar-refractivity contribution >= 4 is 31.6 Å². The smallest absolute Gasteiger partial charge is 0.265 e. The van der Waals surface area contributed by atoms with Gasteiger partial charge in [-0.3, -0.25) is 15.1 Å². The normalized spacial score (nSPS) is 11.3. The van der Waals surface area contributed by atoms with Crippen LogP contribution in [0.2, 0.25) is 0 Å². The second kappa shape index (κ2) is 6.95. The number of nitrogens with zero attached hydrogens (tertiary/aromatic N) is 2. The highest BCUT2D eigenvalue weighted by molar-refractivity contribution is 9.10. The molecule has 0 radical (unpaired) electrons. The zero-order valence-corrected chi connectivity index (χ0v) is 13.7. The third-order valence-corrected chi connectivity index (χ3v) is 4.85. The number of benzene rings is 1. The van der Waals surface area contributed by atoms with Crippen LogP contribution in [0.1, 0.15) is 5.56 Å². The Labute approximate surface area is 135 Å². The summed E-state index contributed by atoms with van der Waals surface area (Å²) in [6, 6.07) is 7.34. The molecule has 1 heterocycles. The number of sulfonamides is 1. The number of nitrogens with one attached hydrogen (secondary N) is 1. The molecule has 0 fully saturated rings. The van der Waals surface area contributed by atoms with Gasteiger partial charge >= 0.3 is 0 Å². The Morgan fingerprint density at radius 3 is 2.55 bits per heavy atom. The van der Waals surface area contributed by atoms with E-state index in [2.05, 4.69) is 25.6 Å². The molecule has 1 N–H and O–H groups in total. The van der Waals surface area contributed by atoms with Crippen LogP contribution in [0.25, 0.3) is 0 Å². The van der Waals surface area contributed by atoms with Crippen LogP contribution in [-0.2, 0) is 16.4 Å². The van der Waals surface area contributed by atoms with Crippen molar-refractivity contribution in [1.29, 1.82) is 0 Å². The molecule has 0 amide bonds. The van der Waals surface area contributed by atoms with Crippen LogP contribution >= 0.6 is 15.9 Å². The number of pyridine rings is 1. The van der Waals surface area contributed by atoms with E-state index in [0.29, 0.717) is 10.9 Å². The van der Waals surface area contributed by atoms with Crippen molar-refractivity contribution in [3.8, 4) is 0 Å². The number of nitro groups is 1. The third kappa shape index (κ3) is 4.09. The maximum atomic E-state index is 12.3. The van der Waals surface area contributed by atoms with Crippen molar-refractivity contribution in [2.24, 2.45) is 0 Å². The molecule has 0 unspecified atom stereocenters. The van der Waals surface area contributed by atoms with Gasteiger partial charge in [0, 0.05) is 29.5 Å². The zero-order valence-electron chi connectivity index (χ0n) is 11.3. The summed E-state index contributed by atoms with van der Waals surface area (Å²) in [5.74, 6) is 0. The van der Waals surface area contributed by atoms with Crippen LogP contribution in [0.15, 0.2) is 52.1 Å². The Bertz CT molecular complexity index is 781. The summed E-state index contributed by atoms with van der Waals surface area (Å²) < 4.78 is 27.3. The minimum atomic E-state index is -3.97. The lowest BCUT2D eigenvalue weighted by Crippen LogP contribution is -2.26.